The highest BCUT2D eigenvalue weighted by molar-refractivity contribution is 5.22. The van der Waals surface area contributed by atoms with Crippen molar-refractivity contribution in [2.24, 2.45) is 0 Å². The number of rotatable bonds is 7. The van der Waals surface area contributed by atoms with E-state index < -0.39 is 5.79 Å². The van der Waals surface area contributed by atoms with Crippen molar-refractivity contribution in [3.8, 4) is 0 Å². The number of benzene rings is 2. The second kappa shape index (κ2) is 8.43. The largest absolute Gasteiger partial charge is 0.344 e. The van der Waals surface area contributed by atoms with E-state index in [1.807, 2.05) is 12.1 Å². The summed E-state index contributed by atoms with van der Waals surface area (Å²) in [4.78, 5) is 2.44. The summed E-state index contributed by atoms with van der Waals surface area (Å²) in [5.41, 5.74) is 2.40. The van der Waals surface area contributed by atoms with Crippen molar-refractivity contribution in [3.05, 3.63) is 71.8 Å². The lowest BCUT2D eigenvalue weighted by Crippen LogP contribution is -2.51. The van der Waals surface area contributed by atoms with Gasteiger partial charge in [-0.3, -0.25) is 4.90 Å². The smallest absolute Gasteiger partial charge is 0.208 e. The molecule has 1 aliphatic heterocycles. The van der Waals surface area contributed by atoms with Gasteiger partial charge in [-0.25, -0.2) is 0 Å². The lowest BCUT2D eigenvalue weighted by molar-refractivity contribution is -0.276. The third kappa shape index (κ3) is 4.23. The summed E-state index contributed by atoms with van der Waals surface area (Å²) in [6.45, 7) is 6.43. The van der Waals surface area contributed by atoms with Crippen LogP contribution in [0.5, 0.6) is 0 Å². The van der Waals surface area contributed by atoms with Gasteiger partial charge in [0.15, 0.2) is 0 Å². The minimum Gasteiger partial charge on any atom is -0.344 e. The molecule has 3 heteroatoms. The van der Waals surface area contributed by atoms with Crippen molar-refractivity contribution in [2.45, 2.75) is 25.6 Å². The number of ether oxygens (including phenoxy) is 2. The Labute approximate surface area is 145 Å². The maximum Gasteiger partial charge on any atom is 0.208 e. The van der Waals surface area contributed by atoms with Gasteiger partial charge in [0.05, 0.1) is 19.8 Å². The van der Waals surface area contributed by atoms with E-state index in [1.165, 1.54) is 5.56 Å². The zero-order valence-electron chi connectivity index (χ0n) is 14.5. The molecule has 0 spiro atoms. The maximum atomic E-state index is 6.37. The average Bonchev–Trinajstić information content (AvgIpc) is 2.64. The van der Waals surface area contributed by atoms with Crippen LogP contribution in [-0.4, -0.2) is 37.7 Å². The lowest BCUT2D eigenvalue weighted by Gasteiger charge is -2.42. The third-order valence-corrected chi connectivity index (χ3v) is 4.50. The van der Waals surface area contributed by atoms with E-state index >= 15 is 0 Å². The van der Waals surface area contributed by atoms with Gasteiger partial charge in [0.1, 0.15) is 0 Å². The third-order valence-electron chi connectivity index (χ3n) is 4.50. The second-order valence-corrected chi connectivity index (χ2v) is 6.33. The molecular formula is C21H27NO2. The van der Waals surface area contributed by atoms with Gasteiger partial charge < -0.3 is 9.47 Å². The lowest BCUT2D eigenvalue weighted by atomic mass is 10.0. The fourth-order valence-corrected chi connectivity index (χ4v) is 3.28. The van der Waals surface area contributed by atoms with Gasteiger partial charge in [-0.1, -0.05) is 67.6 Å². The Hall–Kier alpha value is -1.68. The van der Waals surface area contributed by atoms with Crippen molar-refractivity contribution in [2.75, 3.05) is 32.8 Å². The normalized spacial score (nSPS) is 21.7. The molecule has 24 heavy (non-hydrogen) atoms. The Kier molecular flexibility index (Phi) is 6.02. The number of hydrogen-bond acceptors (Lipinski definition) is 3. The van der Waals surface area contributed by atoms with Crippen molar-refractivity contribution < 1.29 is 9.47 Å². The first-order valence-corrected chi connectivity index (χ1v) is 8.92. The molecule has 0 saturated carbocycles. The average molecular weight is 325 g/mol. The van der Waals surface area contributed by atoms with Crippen LogP contribution in [-0.2, 0) is 21.7 Å². The van der Waals surface area contributed by atoms with E-state index in [1.54, 1.807) is 0 Å². The van der Waals surface area contributed by atoms with Crippen LogP contribution in [0.25, 0.3) is 0 Å². The Balaban J connectivity index is 1.72. The van der Waals surface area contributed by atoms with Gasteiger partial charge in [0, 0.05) is 12.1 Å². The van der Waals surface area contributed by atoms with Crippen LogP contribution in [0, 0.1) is 0 Å². The molecule has 3 nitrogen and oxygen atoms in total. The Morgan fingerprint density at radius 1 is 1.04 bits per heavy atom. The molecule has 0 bridgehead atoms. The number of nitrogens with zero attached hydrogens (tertiary/aromatic N) is 1. The molecule has 1 aliphatic rings. The SMILES string of the molecule is CCCN1CCOC(OCCc2ccccc2)(c2ccccc2)C1. The van der Waals surface area contributed by atoms with E-state index in [2.05, 4.69) is 60.4 Å². The van der Waals surface area contributed by atoms with E-state index in [9.17, 15) is 0 Å². The summed E-state index contributed by atoms with van der Waals surface area (Å²) >= 11 is 0. The molecule has 1 saturated heterocycles. The molecule has 128 valence electrons. The molecule has 1 fully saturated rings. The molecule has 2 aromatic rings. The first-order valence-electron chi connectivity index (χ1n) is 8.92. The van der Waals surface area contributed by atoms with Crippen LogP contribution in [0.2, 0.25) is 0 Å². The van der Waals surface area contributed by atoms with Crippen LogP contribution < -0.4 is 0 Å². The molecule has 3 rings (SSSR count). The van der Waals surface area contributed by atoms with Crippen LogP contribution >= 0.6 is 0 Å². The predicted octanol–water partition coefficient (Wildman–Crippen LogP) is 3.84. The molecule has 1 heterocycles. The molecule has 2 aromatic carbocycles. The topological polar surface area (TPSA) is 21.7 Å². The highest BCUT2D eigenvalue weighted by atomic mass is 16.7. The zero-order chi connectivity index (χ0) is 16.7. The summed E-state index contributed by atoms with van der Waals surface area (Å²) in [6, 6.07) is 20.8. The number of morpholine rings is 1. The van der Waals surface area contributed by atoms with Crippen LogP contribution in [0.1, 0.15) is 24.5 Å². The van der Waals surface area contributed by atoms with Crippen LogP contribution in [0.4, 0.5) is 0 Å². The molecule has 0 amide bonds. The maximum absolute atomic E-state index is 6.37. The molecule has 0 aromatic heterocycles. The first kappa shape index (κ1) is 17.2. The summed E-state index contributed by atoms with van der Waals surface area (Å²) in [5.74, 6) is -0.649. The fraction of sp³-hybridized carbons (Fsp3) is 0.429. The molecular weight excluding hydrogens is 298 g/mol. The van der Waals surface area contributed by atoms with Crippen molar-refractivity contribution >= 4 is 0 Å². The molecule has 1 unspecified atom stereocenters. The van der Waals surface area contributed by atoms with Gasteiger partial charge in [-0.05, 0) is 24.9 Å². The van der Waals surface area contributed by atoms with Crippen molar-refractivity contribution in [1.82, 2.24) is 4.90 Å². The Bertz CT molecular complexity index is 600. The quantitative estimate of drug-likeness (QED) is 0.772. The molecule has 0 N–H and O–H groups in total. The number of hydrogen-bond donors (Lipinski definition) is 0. The van der Waals surface area contributed by atoms with Crippen molar-refractivity contribution in [3.63, 3.8) is 0 Å². The van der Waals surface area contributed by atoms with Crippen LogP contribution in [0.15, 0.2) is 60.7 Å². The Morgan fingerprint density at radius 3 is 2.46 bits per heavy atom. The van der Waals surface area contributed by atoms with Gasteiger partial charge >= 0.3 is 0 Å². The summed E-state index contributed by atoms with van der Waals surface area (Å²) in [7, 11) is 0. The van der Waals surface area contributed by atoms with E-state index in [0.29, 0.717) is 13.2 Å². The van der Waals surface area contributed by atoms with Gasteiger partial charge in [0.25, 0.3) is 0 Å². The molecule has 0 aliphatic carbocycles. The highest BCUT2D eigenvalue weighted by Crippen LogP contribution is 2.31. The molecule has 1 atom stereocenters. The molecule has 0 radical (unpaired) electrons. The Morgan fingerprint density at radius 2 is 1.75 bits per heavy atom. The minimum atomic E-state index is -0.649. The van der Waals surface area contributed by atoms with Crippen molar-refractivity contribution in [1.29, 1.82) is 0 Å². The predicted molar refractivity (Wildman–Crippen MR) is 96.9 cm³/mol. The van der Waals surface area contributed by atoms with Crippen LogP contribution in [0.3, 0.4) is 0 Å². The summed E-state index contributed by atoms with van der Waals surface area (Å²) < 4.78 is 12.6. The first-order chi connectivity index (χ1) is 11.8. The second-order valence-electron chi connectivity index (χ2n) is 6.33. The van der Waals surface area contributed by atoms with E-state index in [-0.39, 0.29) is 0 Å². The minimum absolute atomic E-state index is 0.649. The fourth-order valence-electron chi connectivity index (χ4n) is 3.28. The van der Waals surface area contributed by atoms with E-state index in [0.717, 1.165) is 38.0 Å². The highest BCUT2D eigenvalue weighted by Gasteiger charge is 2.39. The van der Waals surface area contributed by atoms with E-state index in [4.69, 9.17) is 9.47 Å². The van der Waals surface area contributed by atoms with Gasteiger partial charge in [-0.15, -0.1) is 0 Å². The van der Waals surface area contributed by atoms with Gasteiger partial charge in [0.2, 0.25) is 5.79 Å². The standard InChI is InChI=1S/C21H27NO2/c1-2-14-22-15-17-24-21(18-22,20-11-7-4-8-12-20)23-16-13-19-9-5-3-6-10-19/h3-12H,2,13-18H2,1H3. The monoisotopic (exact) mass is 325 g/mol. The van der Waals surface area contributed by atoms with Gasteiger partial charge in [-0.2, -0.15) is 0 Å². The summed E-state index contributed by atoms with van der Waals surface area (Å²) in [5, 5.41) is 0. The summed E-state index contributed by atoms with van der Waals surface area (Å²) in [6.07, 6.45) is 2.04. The zero-order valence-corrected chi connectivity index (χ0v) is 14.5.